The van der Waals surface area contributed by atoms with Crippen molar-refractivity contribution in [2.75, 3.05) is 13.7 Å². The molecule has 1 fully saturated rings. The van der Waals surface area contributed by atoms with Gasteiger partial charge in [0.25, 0.3) is 0 Å². The predicted molar refractivity (Wildman–Crippen MR) is 63.9 cm³/mol. The van der Waals surface area contributed by atoms with Crippen molar-refractivity contribution in [1.29, 1.82) is 0 Å². The Balaban J connectivity index is 1.98. The van der Waals surface area contributed by atoms with Crippen LogP contribution in [0.3, 0.4) is 0 Å². The Hall–Kier alpha value is -1.15. The minimum absolute atomic E-state index is 0.169. The summed E-state index contributed by atoms with van der Waals surface area (Å²) in [5, 5.41) is 0. The smallest absolute Gasteiger partial charge is 0.165 e. The zero-order valence-electron chi connectivity index (χ0n) is 9.74. The Morgan fingerprint density at radius 1 is 1.31 bits per heavy atom. The van der Waals surface area contributed by atoms with Gasteiger partial charge in [0.15, 0.2) is 5.78 Å². The number of hydrogen-bond donors (Lipinski definition) is 0. The molecule has 0 saturated heterocycles. The van der Waals surface area contributed by atoms with Gasteiger partial charge in [0.2, 0.25) is 0 Å². The number of carbonyl (C=O) groups is 1. The molecular formula is C14H18O2. The maximum absolute atomic E-state index is 11.7. The van der Waals surface area contributed by atoms with Crippen molar-refractivity contribution >= 4 is 5.78 Å². The molecule has 0 aliphatic heterocycles. The average Bonchev–Trinajstić information content (AvgIpc) is 2.24. The van der Waals surface area contributed by atoms with E-state index in [1.165, 1.54) is 24.8 Å². The van der Waals surface area contributed by atoms with Crippen molar-refractivity contribution in [2.24, 2.45) is 0 Å². The minimum Gasteiger partial charge on any atom is -0.384 e. The molecule has 0 aromatic heterocycles. The van der Waals surface area contributed by atoms with Gasteiger partial charge in [0.1, 0.15) is 0 Å². The van der Waals surface area contributed by atoms with E-state index in [0.717, 1.165) is 11.5 Å². The zero-order valence-corrected chi connectivity index (χ0v) is 9.74. The normalized spacial score (nSPS) is 15.8. The quantitative estimate of drug-likeness (QED) is 0.709. The Morgan fingerprint density at radius 3 is 2.50 bits per heavy atom. The molecule has 0 unspecified atom stereocenters. The van der Waals surface area contributed by atoms with Gasteiger partial charge in [-0.15, -0.1) is 0 Å². The molecule has 16 heavy (non-hydrogen) atoms. The van der Waals surface area contributed by atoms with Crippen LogP contribution in [0.25, 0.3) is 0 Å². The number of benzene rings is 1. The molecule has 1 aliphatic rings. The first-order chi connectivity index (χ1) is 7.81. The van der Waals surface area contributed by atoms with Crippen molar-refractivity contribution in [2.45, 2.75) is 31.6 Å². The summed E-state index contributed by atoms with van der Waals surface area (Å²) < 4.78 is 4.90. The Bertz CT molecular complexity index is 350. The van der Waals surface area contributed by atoms with Crippen molar-refractivity contribution in [3.8, 4) is 0 Å². The van der Waals surface area contributed by atoms with Crippen LogP contribution in [0, 0.1) is 0 Å². The molecule has 0 amide bonds. The van der Waals surface area contributed by atoms with Gasteiger partial charge in [-0.3, -0.25) is 4.79 Å². The lowest BCUT2D eigenvalue weighted by Crippen LogP contribution is -2.09. The fourth-order valence-electron chi connectivity index (χ4n) is 2.02. The lowest BCUT2D eigenvalue weighted by molar-refractivity contribution is 0.0932. The highest BCUT2D eigenvalue weighted by molar-refractivity contribution is 5.96. The first kappa shape index (κ1) is 11.3. The molecule has 0 heterocycles. The molecule has 86 valence electrons. The number of rotatable bonds is 5. The summed E-state index contributed by atoms with van der Waals surface area (Å²) in [5.41, 5.74) is 2.19. The van der Waals surface area contributed by atoms with E-state index in [4.69, 9.17) is 4.74 Å². The van der Waals surface area contributed by atoms with Crippen LogP contribution < -0.4 is 0 Å². The van der Waals surface area contributed by atoms with Crippen LogP contribution in [0.15, 0.2) is 24.3 Å². The number of ether oxygens (including phenoxy) is 1. The molecule has 1 aromatic carbocycles. The number of hydrogen-bond acceptors (Lipinski definition) is 2. The second-order valence-corrected chi connectivity index (χ2v) is 4.42. The van der Waals surface area contributed by atoms with Crippen LogP contribution in [0.5, 0.6) is 0 Å². The monoisotopic (exact) mass is 218 g/mol. The number of ketones is 1. The van der Waals surface area contributed by atoms with Gasteiger partial charge in [0.05, 0.1) is 6.61 Å². The van der Waals surface area contributed by atoms with Crippen LogP contribution >= 0.6 is 0 Å². The van der Waals surface area contributed by atoms with Gasteiger partial charge in [-0.05, 0) is 24.3 Å². The lowest BCUT2D eigenvalue weighted by atomic mass is 9.80. The SMILES string of the molecule is COCCC(=O)c1ccc(C2CCC2)cc1. The van der Waals surface area contributed by atoms with Crippen molar-refractivity contribution < 1.29 is 9.53 Å². The molecule has 2 nitrogen and oxygen atoms in total. The maximum Gasteiger partial charge on any atom is 0.165 e. The van der Waals surface area contributed by atoms with E-state index in [9.17, 15) is 4.79 Å². The first-order valence-electron chi connectivity index (χ1n) is 5.93. The van der Waals surface area contributed by atoms with E-state index in [-0.39, 0.29) is 5.78 Å². The minimum atomic E-state index is 0.169. The van der Waals surface area contributed by atoms with Gasteiger partial charge >= 0.3 is 0 Å². The maximum atomic E-state index is 11.7. The fraction of sp³-hybridized carbons (Fsp3) is 0.500. The summed E-state index contributed by atoms with van der Waals surface area (Å²) >= 11 is 0. The topological polar surface area (TPSA) is 26.3 Å². The summed E-state index contributed by atoms with van der Waals surface area (Å²) in [4.78, 5) is 11.7. The highest BCUT2D eigenvalue weighted by Crippen LogP contribution is 2.36. The second-order valence-electron chi connectivity index (χ2n) is 4.42. The lowest BCUT2D eigenvalue weighted by Gasteiger charge is -2.25. The number of carbonyl (C=O) groups excluding carboxylic acids is 1. The molecule has 0 bridgehead atoms. The third-order valence-electron chi connectivity index (χ3n) is 3.34. The highest BCUT2D eigenvalue weighted by Gasteiger charge is 2.19. The van der Waals surface area contributed by atoms with Crippen LogP contribution in [0.4, 0.5) is 0 Å². The molecule has 2 rings (SSSR count). The van der Waals surface area contributed by atoms with Gasteiger partial charge in [0, 0.05) is 19.1 Å². The summed E-state index contributed by atoms with van der Waals surface area (Å²) in [5.74, 6) is 0.908. The van der Waals surface area contributed by atoms with Crippen LogP contribution in [-0.4, -0.2) is 19.5 Å². The third kappa shape index (κ3) is 2.50. The standard InChI is InChI=1S/C14H18O2/c1-16-10-9-14(15)13-7-5-12(6-8-13)11-3-2-4-11/h5-8,11H,2-4,9-10H2,1H3. The van der Waals surface area contributed by atoms with E-state index in [1.54, 1.807) is 7.11 Å². The van der Waals surface area contributed by atoms with E-state index in [2.05, 4.69) is 12.1 Å². The Labute approximate surface area is 96.6 Å². The molecule has 1 aliphatic carbocycles. The Morgan fingerprint density at radius 2 is 2.00 bits per heavy atom. The highest BCUT2D eigenvalue weighted by atomic mass is 16.5. The van der Waals surface area contributed by atoms with Crippen molar-refractivity contribution in [3.05, 3.63) is 35.4 Å². The van der Waals surface area contributed by atoms with Crippen LogP contribution in [0.2, 0.25) is 0 Å². The fourth-order valence-corrected chi connectivity index (χ4v) is 2.02. The second kappa shape index (κ2) is 5.26. The van der Waals surface area contributed by atoms with Crippen molar-refractivity contribution in [3.63, 3.8) is 0 Å². The summed E-state index contributed by atoms with van der Waals surface area (Å²) in [6.45, 7) is 0.503. The third-order valence-corrected chi connectivity index (χ3v) is 3.34. The van der Waals surface area contributed by atoms with Crippen molar-refractivity contribution in [1.82, 2.24) is 0 Å². The predicted octanol–water partition coefficient (Wildman–Crippen LogP) is 3.17. The molecule has 0 spiro atoms. The van der Waals surface area contributed by atoms with Gasteiger partial charge in [-0.1, -0.05) is 30.7 Å². The van der Waals surface area contributed by atoms with E-state index in [1.807, 2.05) is 12.1 Å². The molecule has 0 atom stereocenters. The first-order valence-corrected chi connectivity index (χ1v) is 5.93. The summed E-state index contributed by atoms with van der Waals surface area (Å²) in [6, 6.07) is 8.10. The van der Waals surface area contributed by atoms with Gasteiger partial charge in [-0.2, -0.15) is 0 Å². The van der Waals surface area contributed by atoms with E-state index in [0.29, 0.717) is 13.0 Å². The van der Waals surface area contributed by atoms with Gasteiger partial charge < -0.3 is 4.74 Å². The molecule has 1 saturated carbocycles. The number of methoxy groups -OCH3 is 1. The summed E-state index contributed by atoms with van der Waals surface area (Å²) in [6.07, 6.45) is 4.42. The van der Waals surface area contributed by atoms with E-state index >= 15 is 0 Å². The average molecular weight is 218 g/mol. The number of Topliss-reactive ketones (excluding diaryl/α,β-unsaturated/α-hetero) is 1. The summed E-state index contributed by atoms with van der Waals surface area (Å²) in [7, 11) is 1.62. The molecule has 0 radical (unpaired) electrons. The van der Waals surface area contributed by atoms with E-state index < -0.39 is 0 Å². The van der Waals surface area contributed by atoms with Gasteiger partial charge in [-0.25, -0.2) is 0 Å². The van der Waals surface area contributed by atoms with Crippen LogP contribution in [0.1, 0.15) is 47.5 Å². The van der Waals surface area contributed by atoms with Crippen LogP contribution in [-0.2, 0) is 4.74 Å². The Kier molecular flexibility index (Phi) is 3.73. The molecule has 0 N–H and O–H groups in total. The molecule has 1 aromatic rings. The molecular weight excluding hydrogens is 200 g/mol. The largest absolute Gasteiger partial charge is 0.384 e. The molecule has 2 heteroatoms. The zero-order chi connectivity index (χ0) is 11.4.